The van der Waals surface area contributed by atoms with E-state index in [0.29, 0.717) is 0 Å². The van der Waals surface area contributed by atoms with E-state index in [1.54, 1.807) is 0 Å². The first-order valence-electron chi connectivity index (χ1n) is 7.44. The summed E-state index contributed by atoms with van der Waals surface area (Å²) in [7, 11) is 2.23. The first-order chi connectivity index (χ1) is 9.22. The molecule has 1 aliphatic carbocycles. The van der Waals surface area contributed by atoms with Crippen molar-refractivity contribution in [2.75, 3.05) is 18.5 Å². The van der Waals surface area contributed by atoms with E-state index in [9.17, 15) is 0 Å². The lowest BCUT2D eigenvalue weighted by atomic mass is 10.1. The second kappa shape index (κ2) is 7.30. The topological polar surface area (TPSA) is 15.3 Å². The second-order valence-electron chi connectivity index (χ2n) is 5.50. The number of nitrogens with zero attached hydrogens (tertiary/aromatic N) is 1. The number of benzene rings is 1. The van der Waals surface area contributed by atoms with Gasteiger partial charge < -0.3 is 10.2 Å². The third kappa shape index (κ3) is 3.96. The Morgan fingerprint density at radius 2 is 2.05 bits per heavy atom. The van der Waals surface area contributed by atoms with E-state index in [0.717, 1.165) is 19.1 Å². The zero-order chi connectivity index (χ0) is 13.7. The van der Waals surface area contributed by atoms with Crippen LogP contribution in [0.3, 0.4) is 0 Å². The largest absolute Gasteiger partial charge is 0.372 e. The van der Waals surface area contributed by atoms with Crippen LogP contribution in [-0.2, 0) is 6.54 Å². The normalized spacial score (nSPS) is 15.9. The highest BCUT2D eigenvalue weighted by Crippen LogP contribution is 2.29. The molecule has 2 nitrogen and oxygen atoms in total. The minimum atomic E-state index is 0.732. The van der Waals surface area contributed by atoms with Gasteiger partial charge in [-0.05, 0) is 43.5 Å². The first kappa shape index (κ1) is 14.9. The Kier molecular flexibility index (Phi) is 5.71. The SMILES string of the molecule is CCCNCc1ccc(N(C)C2CCCC2)cc1Br. The van der Waals surface area contributed by atoms with E-state index in [-0.39, 0.29) is 0 Å². The van der Waals surface area contributed by atoms with Crippen LogP contribution in [0.1, 0.15) is 44.6 Å². The molecular formula is C16H25BrN2. The van der Waals surface area contributed by atoms with Gasteiger partial charge in [-0.15, -0.1) is 0 Å². The van der Waals surface area contributed by atoms with Crippen LogP contribution >= 0.6 is 15.9 Å². The molecule has 0 unspecified atom stereocenters. The van der Waals surface area contributed by atoms with Crippen molar-refractivity contribution in [2.24, 2.45) is 0 Å². The van der Waals surface area contributed by atoms with Crippen molar-refractivity contribution >= 4 is 21.6 Å². The van der Waals surface area contributed by atoms with Gasteiger partial charge in [-0.2, -0.15) is 0 Å². The second-order valence-corrected chi connectivity index (χ2v) is 6.36. The van der Waals surface area contributed by atoms with E-state index < -0.39 is 0 Å². The molecule has 0 spiro atoms. The smallest absolute Gasteiger partial charge is 0.0377 e. The average molecular weight is 325 g/mol. The van der Waals surface area contributed by atoms with Gasteiger partial charge in [0.2, 0.25) is 0 Å². The maximum atomic E-state index is 3.71. The fraction of sp³-hybridized carbons (Fsp3) is 0.625. The number of nitrogens with one attached hydrogen (secondary N) is 1. The van der Waals surface area contributed by atoms with Gasteiger partial charge in [0.1, 0.15) is 0 Å². The van der Waals surface area contributed by atoms with Gasteiger partial charge in [-0.25, -0.2) is 0 Å². The molecule has 106 valence electrons. The average Bonchev–Trinajstić information content (AvgIpc) is 2.94. The molecule has 0 heterocycles. The van der Waals surface area contributed by atoms with Crippen LogP contribution in [0.25, 0.3) is 0 Å². The molecule has 0 saturated heterocycles. The fourth-order valence-corrected chi connectivity index (χ4v) is 3.31. The third-order valence-corrected chi connectivity index (χ3v) is 4.80. The predicted octanol–water partition coefficient (Wildman–Crippen LogP) is 4.33. The van der Waals surface area contributed by atoms with Crippen molar-refractivity contribution in [3.05, 3.63) is 28.2 Å². The van der Waals surface area contributed by atoms with Gasteiger partial charge in [-0.3, -0.25) is 0 Å². The van der Waals surface area contributed by atoms with E-state index >= 15 is 0 Å². The molecule has 0 radical (unpaired) electrons. The quantitative estimate of drug-likeness (QED) is 0.783. The van der Waals surface area contributed by atoms with Crippen LogP contribution in [-0.4, -0.2) is 19.6 Å². The molecule has 0 aromatic heterocycles. The van der Waals surface area contributed by atoms with Gasteiger partial charge in [0.15, 0.2) is 0 Å². The summed E-state index contributed by atoms with van der Waals surface area (Å²) in [5.41, 5.74) is 2.68. The molecule has 1 aromatic rings. The molecule has 0 bridgehead atoms. The van der Waals surface area contributed by atoms with E-state index in [1.807, 2.05) is 0 Å². The van der Waals surface area contributed by atoms with Crippen LogP contribution in [0.2, 0.25) is 0 Å². The fourth-order valence-electron chi connectivity index (χ4n) is 2.80. The third-order valence-electron chi connectivity index (χ3n) is 4.06. The maximum Gasteiger partial charge on any atom is 0.0377 e. The van der Waals surface area contributed by atoms with Gasteiger partial charge in [0.25, 0.3) is 0 Å². The highest BCUT2D eigenvalue weighted by molar-refractivity contribution is 9.10. The van der Waals surface area contributed by atoms with Crippen LogP contribution in [0.5, 0.6) is 0 Å². The molecule has 1 saturated carbocycles. The van der Waals surface area contributed by atoms with Gasteiger partial charge in [0, 0.05) is 29.8 Å². The highest BCUT2D eigenvalue weighted by Gasteiger charge is 2.20. The summed E-state index contributed by atoms with van der Waals surface area (Å²) >= 11 is 3.71. The lowest BCUT2D eigenvalue weighted by molar-refractivity contribution is 0.652. The molecule has 1 aromatic carbocycles. The van der Waals surface area contributed by atoms with Crippen LogP contribution in [0.4, 0.5) is 5.69 Å². The monoisotopic (exact) mass is 324 g/mol. The van der Waals surface area contributed by atoms with Crippen LogP contribution in [0.15, 0.2) is 22.7 Å². The van der Waals surface area contributed by atoms with Crippen molar-refractivity contribution in [3.8, 4) is 0 Å². The summed E-state index contributed by atoms with van der Waals surface area (Å²) < 4.78 is 1.22. The Hall–Kier alpha value is -0.540. The van der Waals surface area contributed by atoms with Crippen molar-refractivity contribution in [3.63, 3.8) is 0 Å². The molecule has 2 rings (SSSR count). The molecule has 1 aliphatic rings. The van der Waals surface area contributed by atoms with Crippen molar-refractivity contribution in [1.82, 2.24) is 5.32 Å². The standard InChI is InChI=1S/C16H25BrN2/c1-3-10-18-12-13-8-9-15(11-16(13)17)19(2)14-6-4-5-7-14/h8-9,11,14,18H,3-7,10,12H2,1-2H3. The summed E-state index contributed by atoms with van der Waals surface area (Å²) in [6.07, 6.45) is 6.63. The minimum Gasteiger partial charge on any atom is -0.372 e. The van der Waals surface area contributed by atoms with Gasteiger partial charge in [0.05, 0.1) is 0 Å². The van der Waals surface area contributed by atoms with Gasteiger partial charge >= 0.3 is 0 Å². The summed E-state index contributed by atoms with van der Waals surface area (Å²) in [6.45, 7) is 4.22. The molecular weight excluding hydrogens is 300 g/mol. The molecule has 19 heavy (non-hydrogen) atoms. The molecule has 0 atom stereocenters. The number of rotatable bonds is 6. The summed E-state index contributed by atoms with van der Waals surface area (Å²) in [4.78, 5) is 2.45. The lowest BCUT2D eigenvalue weighted by Crippen LogP contribution is -2.28. The Balaban J connectivity index is 2.00. The van der Waals surface area contributed by atoms with Crippen molar-refractivity contribution in [1.29, 1.82) is 0 Å². The number of halogens is 1. The summed E-state index contributed by atoms with van der Waals surface area (Å²) in [5, 5.41) is 3.45. The van der Waals surface area contributed by atoms with E-state index in [4.69, 9.17) is 0 Å². The Morgan fingerprint density at radius 3 is 2.68 bits per heavy atom. The molecule has 1 fully saturated rings. The van der Waals surface area contributed by atoms with Crippen molar-refractivity contribution in [2.45, 2.75) is 51.6 Å². The Labute approximate surface area is 125 Å². The zero-order valence-corrected chi connectivity index (χ0v) is 13.7. The number of hydrogen-bond donors (Lipinski definition) is 1. The molecule has 1 N–H and O–H groups in total. The zero-order valence-electron chi connectivity index (χ0n) is 12.1. The summed E-state index contributed by atoms with van der Waals surface area (Å²) in [5.74, 6) is 0. The molecule has 0 aliphatic heterocycles. The molecule has 3 heteroatoms. The Morgan fingerprint density at radius 1 is 1.32 bits per heavy atom. The first-order valence-corrected chi connectivity index (χ1v) is 8.23. The lowest BCUT2D eigenvalue weighted by Gasteiger charge is -2.27. The van der Waals surface area contributed by atoms with Crippen molar-refractivity contribution < 1.29 is 0 Å². The van der Waals surface area contributed by atoms with Crippen LogP contribution < -0.4 is 10.2 Å². The summed E-state index contributed by atoms with van der Waals surface area (Å²) in [6, 6.07) is 7.50. The minimum absolute atomic E-state index is 0.732. The number of anilines is 1. The predicted molar refractivity (Wildman–Crippen MR) is 86.8 cm³/mol. The molecule has 0 amide bonds. The highest BCUT2D eigenvalue weighted by atomic mass is 79.9. The van der Waals surface area contributed by atoms with Crippen LogP contribution in [0, 0.1) is 0 Å². The van der Waals surface area contributed by atoms with Gasteiger partial charge in [-0.1, -0.05) is 41.8 Å². The maximum absolute atomic E-state index is 3.71. The number of hydrogen-bond acceptors (Lipinski definition) is 2. The van der Waals surface area contributed by atoms with E-state index in [2.05, 4.69) is 58.3 Å². The Bertz CT molecular complexity index is 400. The van der Waals surface area contributed by atoms with E-state index in [1.165, 1.54) is 47.8 Å².